The summed E-state index contributed by atoms with van der Waals surface area (Å²) in [5, 5.41) is 2.52. The normalized spacial score (nSPS) is 16.7. The molecule has 1 heterocycles. The lowest BCUT2D eigenvalue weighted by molar-refractivity contribution is -0.132. The largest absolute Gasteiger partial charge is 0.444 e. The number of carbonyl (C=O) groups excluding carboxylic acids is 2. The van der Waals surface area contributed by atoms with Gasteiger partial charge in [0.15, 0.2) is 0 Å². The molecule has 0 aliphatic carbocycles. The second-order valence-corrected chi connectivity index (χ2v) is 7.26. The maximum absolute atomic E-state index is 12.1. The fourth-order valence-electron chi connectivity index (χ4n) is 2.24. The van der Waals surface area contributed by atoms with Gasteiger partial charge in [-0.05, 0) is 39.7 Å². The maximum Gasteiger partial charge on any atom is 0.408 e. The van der Waals surface area contributed by atoms with Crippen LogP contribution in [0.25, 0.3) is 0 Å². The van der Waals surface area contributed by atoms with Gasteiger partial charge in [-0.1, -0.05) is 13.8 Å². The van der Waals surface area contributed by atoms with Gasteiger partial charge in [0.25, 0.3) is 0 Å². The average Bonchev–Trinajstić information content (AvgIpc) is 2.41. The molecule has 6 nitrogen and oxygen atoms in total. The van der Waals surface area contributed by atoms with Crippen molar-refractivity contribution in [3.63, 3.8) is 0 Å². The lowest BCUT2D eigenvalue weighted by Gasteiger charge is -2.35. The number of carbonyl (C=O) groups is 2. The van der Waals surface area contributed by atoms with Crippen molar-refractivity contribution in [3.05, 3.63) is 0 Å². The number of ether oxygens (including phenoxy) is 1. The van der Waals surface area contributed by atoms with Crippen molar-refractivity contribution in [2.24, 2.45) is 5.92 Å². The number of amides is 2. The maximum atomic E-state index is 12.1. The fourth-order valence-corrected chi connectivity index (χ4v) is 2.24. The molecular formula is C16H31N3O3. The first-order valence-electron chi connectivity index (χ1n) is 8.14. The van der Waals surface area contributed by atoms with E-state index in [4.69, 9.17) is 4.74 Å². The highest BCUT2D eigenvalue weighted by molar-refractivity contribution is 5.82. The zero-order chi connectivity index (χ0) is 16.8. The fraction of sp³-hybridized carbons (Fsp3) is 0.875. The van der Waals surface area contributed by atoms with E-state index in [-0.39, 0.29) is 12.5 Å². The van der Waals surface area contributed by atoms with Crippen LogP contribution in [0, 0.1) is 5.92 Å². The van der Waals surface area contributed by atoms with Crippen molar-refractivity contribution in [3.8, 4) is 0 Å². The Kier molecular flexibility index (Phi) is 7.13. The second-order valence-electron chi connectivity index (χ2n) is 7.26. The van der Waals surface area contributed by atoms with Crippen LogP contribution in [0.4, 0.5) is 4.79 Å². The van der Waals surface area contributed by atoms with Gasteiger partial charge in [0, 0.05) is 26.2 Å². The Morgan fingerprint density at radius 1 is 1.14 bits per heavy atom. The zero-order valence-electron chi connectivity index (χ0n) is 14.6. The van der Waals surface area contributed by atoms with E-state index in [1.807, 2.05) is 4.90 Å². The standard InChI is InChI=1S/C16H31N3O3/c1-13(2)6-7-18-8-10-19(11-9-18)14(20)12-17-15(21)22-16(3,4)5/h13H,6-12H2,1-5H3,(H,17,21). The van der Waals surface area contributed by atoms with Crippen molar-refractivity contribution in [2.45, 2.75) is 46.6 Å². The Hall–Kier alpha value is -1.30. The Bertz CT molecular complexity index is 369. The number of hydrogen-bond donors (Lipinski definition) is 1. The van der Waals surface area contributed by atoms with E-state index < -0.39 is 11.7 Å². The van der Waals surface area contributed by atoms with Crippen LogP contribution in [0.3, 0.4) is 0 Å². The average molecular weight is 313 g/mol. The molecule has 0 aromatic rings. The molecule has 1 N–H and O–H groups in total. The van der Waals surface area contributed by atoms with Crippen molar-refractivity contribution in [1.82, 2.24) is 15.1 Å². The molecule has 1 fully saturated rings. The van der Waals surface area contributed by atoms with Crippen molar-refractivity contribution < 1.29 is 14.3 Å². The molecule has 0 spiro atoms. The molecule has 0 unspecified atom stereocenters. The summed E-state index contributed by atoms with van der Waals surface area (Å²) < 4.78 is 5.12. The summed E-state index contributed by atoms with van der Waals surface area (Å²) >= 11 is 0. The molecule has 22 heavy (non-hydrogen) atoms. The molecule has 128 valence electrons. The monoisotopic (exact) mass is 313 g/mol. The number of alkyl carbamates (subject to hydrolysis) is 1. The lowest BCUT2D eigenvalue weighted by atomic mass is 10.1. The van der Waals surface area contributed by atoms with Crippen molar-refractivity contribution >= 4 is 12.0 Å². The Balaban J connectivity index is 2.24. The van der Waals surface area contributed by atoms with Crippen LogP contribution in [0.2, 0.25) is 0 Å². The number of rotatable bonds is 5. The van der Waals surface area contributed by atoms with Crippen molar-refractivity contribution in [1.29, 1.82) is 0 Å². The quantitative estimate of drug-likeness (QED) is 0.839. The molecule has 0 aromatic carbocycles. The van der Waals surface area contributed by atoms with Gasteiger partial charge in [-0.25, -0.2) is 4.79 Å². The highest BCUT2D eigenvalue weighted by Crippen LogP contribution is 2.08. The highest BCUT2D eigenvalue weighted by atomic mass is 16.6. The van der Waals surface area contributed by atoms with Crippen LogP contribution < -0.4 is 5.32 Å². The minimum Gasteiger partial charge on any atom is -0.444 e. The molecule has 0 bridgehead atoms. The van der Waals surface area contributed by atoms with E-state index >= 15 is 0 Å². The molecule has 1 rings (SSSR count). The van der Waals surface area contributed by atoms with Gasteiger partial charge in [0.1, 0.15) is 12.1 Å². The Morgan fingerprint density at radius 2 is 1.73 bits per heavy atom. The van der Waals surface area contributed by atoms with Crippen LogP contribution in [0.5, 0.6) is 0 Å². The van der Waals surface area contributed by atoms with Crippen LogP contribution in [-0.4, -0.2) is 66.7 Å². The van der Waals surface area contributed by atoms with E-state index in [1.165, 1.54) is 6.42 Å². The van der Waals surface area contributed by atoms with Crippen LogP contribution in [0.15, 0.2) is 0 Å². The van der Waals surface area contributed by atoms with Gasteiger partial charge in [-0.2, -0.15) is 0 Å². The summed E-state index contributed by atoms with van der Waals surface area (Å²) in [6, 6.07) is 0. The predicted octanol–water partition coefficient (Wildman–Crippen LogP) is 1.70. The first-order valence-corrected chi connectivity index (χ1v) is 8.14. The number of nitrogens with zero attached hydrogens (tertiary/aromatic N) is 2. The van der Waals surface area contributed by atoms with E-state index in [9.17, 15) is 9.59 Å². The van der Waals surface area contributed by atoms with E-state index in [0.717, 1.165) is 32.7 Å². The number of piperazine rings is 1. The van der Waals surface area contributed by atoms with E-state index in [1.54, 1.807) is 20.8 Å². The van der Waals surface area contributed by atoms with Gasteiger partial charge in [-0.15, -0.1) is 0 Å². The third-order valence-electron chi connectivity index (χ3n) is 3.53. The van der Waals surface area contributed by atoms with E-state index in [2.05, 4.69) is 24.1 Å². The first kappa shape index (κ1) is 18.7. The van der Waals surface area contributed by atoms with Gasteiger partial charge in [0.2, 0.25) is 5.91 Å². The highest BCUT2D eigenvalue weighted by Gasteiger charge is 2.22. The predicted molar refractivity (Wildman–Crippen MR) is 86.7 cm³/mol. The summed E-state index contributed by atoms with van der Waals surface area (Å²) in [5.74, 6) is 0.659. The van der Waals surface area contributed by atoms with Crippen LogP contribution >= 0.6 is 0 Å². The van der Waals surface area contributed by atoms with Gasteiger partial charge in [-0.3, -0.25) is 9.69 Å². The molecular weight excluding hydrogens is 282 g/mol. The zero-order valence-corrected chi connectivity index (χ0v) is 14.6. The summed E-state index contributed by atoms with van der Waals surface area (Å²) in [7, 11) is 0. The molecule has 0 saturated carbocycles. The minimum atomic E-state index is -0.546. The van der Waals surface area contributed by atoms with Gasteiger partial charge in [0.05, 0.1) is 0 Å². The molecule has 1 aliphatic heterocycles. The third kappa shape index (κ3) is 7.64. The first-order chi connectivity index (χ1) is 10.2. The summed E-state index contributed by atoms with van der Waals surface area (Å²) in [4.78, 5) is 27.8. The van der Waals surface area contributed by atoms with Crippen LogP contribution in [-0.2, 0) is 9.53 Å². The molecule has 1 aliphatic rings. The Labute approximate surface area is 134 Å². The molecule has 0 radical (unpaired) electrons. The SMILES string of the molecule is CC(C)CCN1CCN(C(=O)CNC(=O)OC(C)(C)C)CC1. The van der Waals surface area contributed by atoms with Gasteiger partial charge >= 0.3 is 6.09 Å². The van der Waals surface area contributed by atoms with E-state index in [0.29, 0.717) is 5.92 Å². The minimum absolute atomic E-state index is 0.000900. The summed E-state index contributed by atoms with van der Waals surface area (Å²) in [5.41, 5.74) is -0.546. The topological polar surface area (TPSA) is 61.9 Å². The molecule has 2 amide bonds. The molecule has 0 aromatic heterocycles. The summed E-state index contributed by atoms with van der Waals surface area (Å²) in [6.07, 6.45) is 0.644. The number of nitrogens with one attached hydrogen (secondary N) is 1. The molecule has 6 heteroatoms. The lowest BCUT2D eigenvalue weighted by Crippen LogP contribution is -2.51. The number of hydrogen-bond acceptors (Lipinski definition) is 4. The van der Waals surface area contributed by atoms with Gasteiger partial charge < -0.3 is 15.0 Å². The second kappa shape index (κ2) is 8.36. The summed E-state index contributed by atoms with van der Waals surface area (Å²) in [6.45, 7) is 14.2. The third-order valence-corrected chi connectivity index (χ3v) is 3.53. The van der Waals surface area contributed by atoms with Crippen LogP contribution in [0.1, 0.15) is 41.0 Å². The molecule has 1 saturated heterocycles. The Morgan fingerprint density at radius 3 is 2.23 bits per heavy atom. The van der Waals surface area contributed by atoms with Crippen molar-refractivity contribution in [2.75, 3.05) is 39.3 Å². The smallest absolute Gasteiger partial charge is 0.408 e. The molecule has 0 atom stereocenters.